The van der Waals surface area contributed by atoms with E-state index in [1.807, 2.05) is 12.1 Å². The van der Waals surface area contributed by atoms with Crippen LogP contribution in [0, 0.1) is 0 Å². The highest BCUT2D eigenvalue weighted by Crippen LogP contribution is 2.44. The molecule has 10 heteroatoms. The second-order valence-corrected chi connectivity index (χ2v) is 11.2. The number of carboxylic acids is 2. The summed E-state index contributed by atoms with van der Waals surface area (Å²) in [5.74, 6) is -2.05. The number of halogens is 6. The summed E-state index contributed by atoms with van der Waals surface area (Å²) in [6.07, 6.45) is 0. The summed E-state index contributed by atoms with van der Waals surface area (Å²) >= 11 is 20.8. The largest absolute Gasteiger partial charge is 0.478 e. The number of rotatable bonds is 4. The molecule has 0 aliphatic heterocycles. The quantitative estimate of drug-likeness (QED) is 0.277. The molecule has 0 saturated heterocycles. The van der Waals surface area contributed by atoms with Crippen LogP contribution in [0.25, 0.3) is 22.3 Å². The van der Waals surface area contributed by atoms with Crippen LogP contribution in [0.2, 0.25) is 0 Å². The molecule has 0 bridgehead atoms. The lowest BCUT2D eigenvalue weighted by atomic mass is 9.99. The first kappa shape index (κ1) is 24.1. The van der Waals surface area contributed by atoms with Crippen LogP contribution < -0.4 is 0 Å². The molecule has 0 fully saturated rings. The third-order valence-corrected chi connectivity index (χ3v) is 8.15. The zero-order chi connectivity index (χ0) is 22.3. The molecule has 0 heterocycles. The van der Waals surface area contributed by atoms with E-state index in [1.54, 1.807) is 24.3 Å². The minimum absolute atomic E-state index is 0.157. The van der Waals surface area contributed by atoms with Crippen molar-refractivity contribution in [2.24, 2.45) is 0 Å². The van der Waals surface area contributed by atoms with Gasteiger partial charge in [0.15, 0.2) is 0 Å². The third kappa shape index (κ3) is 4.78. The maximum atomic E-state index is 11.4. The summed E-state index contributed by atoms with van der Waals surface area (Å²) in [7, 11) is 0. The van der Waals surface area contributed by atoms with Crippen molar-refractivity contribution < 1.29 is 19.8 Å². The fraction of sp³-hybridized carbons (Fsp3) is 0. The summed E-state index contributed by atoms with van der Waals surface area (Å²) in [6.45, 7) is 0. The van der Waals surface area contributed by atoms with Crippen molar-refractivity contribution in [3.63, 3.8) is 0 Å². The van der Waals surface area contributed by atoms with E-state index in [9.17, 15) is 19.8 Å². The van der Waals surface area contributed by atoms with Gasteiger partial charge in [-0.05, 0) is 90.5 Å². The minimum atomic E-state index is -1.02. The van der Waals surface area contributed by atoms with Crippen LogP contribution in [0.4, 0.5) is 0 Å². The fourth-order valence-corrected chi connectivity index (χ4v) is 6.05. The Kier molecular flexibility index (Phi) is 7.67. The smallest absolute Gasteiger partial charge is 0.336 e. The van der Waals surface area contributed by atoms with Gasteiger partial charge in [-0.2, -0.15) is 0 Å². The lowest BCUT2D eigenvalue weighted by Gasteiger charge is -2.15. The van der Waals surface area contributed by atoms with Crippen LogP contribution in [-0.4, -0.2) is 22.2 Å². The lowest BCUT2D eigenvalue weighted by Crippen LogP contribution is -1.99. The molecule has 0 amide bonds. The molecule has 0 atom stereocenters. The number of hydrogen-bond acceptors (Lipinski definition) is 2. The zero-order valence-electron chi connectivity index (χ0n) is 14.4. The highest BCUT2D eigenvalue weighted by molar-refractivity contribution is 9.11. The van der Waals surface area contributed by atoms with Gasteiger partial charge in [0.25, 0.3) is 0 Å². The Morgan fingerprint density at radius 3 is 0.967 bits per heavy atom. The van der Waals surface area contributed by atoms with Crippen molar-refractivity contribution in [2.45, 2.75) is 0 Å². The molecule has 30 heavy (non-hydrogen) atoms. The lowest BCUT2D eigenvalue weighted by molar-refractivity contribution is 0.0685. The zero-order valence-corrected chi connectivity index (χ0v) is 24.0. The number of aromatic carboxylic acids is 2. The summed E-state index contributed by atoms with van der Waals surface area (Å²) in [6, 6.07) is 10.4. The average molecular weight is 792 g/mol. The van der Waals surface area contributed by atoms with Gasteiger partial charge in [0.1, 0.15) is 0 Å². The predicted octanol–water partition coefficient (Wildman–Crippen LogP) is 8.99. The first-order valence-corrected chi connectivity index (χ1v) is 12.7. The van der Waals surface area contributed by atoms with Crippen molar-refractivity contribution in [3.8, 4) is 22.3 Å². The van der Waals surface area contributed by atoms with Crippen molar-refractivity contribution in [1.29, 1.82) is 0 Å². The van der Waals surface area contributed by atoms with E-state index in [1.165, 1.54) is 0 Å². The Bertz CT molecular complexity index is 1130. The summed E-state index contributed by atoms with van der Waals surface area (Å²) < 4.78 is 3.77. The monoisotopic (exact) mass is 786 g/mol. The van der Waals surface area contributed by atoms with Gasteiger partial charge in [0.05, 0.1) is 11.1 Å². The number of carboxylic acid groups (broad SMARTS) is 2. The van der Waals surface area contributed by atoms with Crippen LogP contribution in [0.5, 0.6) is 0 Å². The average Bonchev–Trinajstić information content (AvgIpc) is 2.66. The maximum Gasteiger partial charge on any atom is 0.336 e. The molecular formula is C20H8Br6O4. The molecule has 0 unspecified atom stereocenters. The van der Waals surface area contributed by atoms with Crippen LogP contribution in [0.1, 0.15) is 20.7 Å². The summed E-state index contributed by atoms with van der Waals surface area (Å²) in [4.78, 5) is 22.7. The highest BCUT2D eigenvalue weighted by atomic mass is 79.9. The Hall–Kier alpha value is -0.520. The molecule has 0 aliphatic carbocycles. The van der Waals surface area contributed by atoms with Gasteiger partial charge in [-0.1, -0.05) is 63.7 Å². The number of benzene rings is 3. The van der Waals surface area contributed by atoms with Crippen molar-refractivity contribution in [1.82, 2.24) is 0 Å². The molecule has 3 aromatic carbocycles. The van der Waals surface area contributed by atoms with E-state index < -0.39 is 11.9 Å². The van der Waals surface area contributed by atoms with Gasteiger partial charge in [-0.25, -0.2) is 9.59 Å². The van der Waals surface area contributed by atoms with Crippen molar-refractivity contribution >= 4 is 108 Å². The predicted molar refractivity (Wildman–Crippen MR) is 137 cm³/mol. The molecule has 0 saturated carbocycles. The summed E-state index contributed by atoms with van der Waals surface area (Å²) in [5, 5.41) is 18.6. The van der Waals surface area contributed by atoms with Gasteiger partial charge in [-0.15, -0.1) is 0 Å². The van der Waals surface area contributed by atoms with Crippen molar-refractivity contribution in [3.05, 3.63) is 74.4 Å². The molecule has 0 radical (unpaired) electrons. The highest BCUT2D eigenvalue weighted by Gasteiger charge is 2.19. The molecule has 2 N–H and O–H groups in total. The van der Waals surface area contributed by atoms with Gasteiger partial charge < -0.3 is 10.2 Å². The van der Waals surface area contributed by atoms with Gasteiger partial charge in [0.2, 0.25) is 0 Å². The second kappa shape index (κ2) is 9.54. The topological polar surface area (TPSA) is 74.6 Å². The van der Waals surface area contributed by atoms with Gasteiger partial charge >= 0.3 is 11.9 Å². The van der Waals surface area contributed by atoms with E-state index in [-0.39, 0.29) is 11.1 Å². The molecule has 3 aromatic rings. The second-order valence-electron chi connectivity index (χ2n) is 6.05. The molecule has 0 aromatic heterocycles. The van der Waals surface area contributed by atoms with Crippen LogP contribution in [0.3, 0.4) is 0 Å². The van der Waals surface area contributed by atoms with E-state index in [4.69, 9.17) is 0 Å². The van der Waals surface area contributed by atoms with E-state index in [0.717, 1.165) is 31.2 Å². The number of carbonyl (C=O) groups is 2. The Morgan fingerprint density at radius 2 is 0.700 bits per heavy atom. The standard InChI is InChI=1S/C20H8Br6O4/c21-13-1-7(9-3-17(25)11(19(27)28)5-15(9)23)14(22)2-8(13)10-4-18(26)12(20(29)30)6-16(10)24/h1-6H,(H,27,28)(H,29,30). The van der Waals surface area contributed by atoms with E-state index in [0.29, 0.717) is 17.9 Å². The molecule has 0 spiro atoms. The Balaban J connectivity index is 2.17. The van der Waals surface area contributed by atoms with Crippen LogP contribution >= 0.6 is 95.6 Å². The van der Waals surface area contributed by atoms with Crippen LogP contribution in [-0.2, 0) is 0 Å². The Labute approximate surface area is 221 Å². The van der Waals surface area contributed by atoms with Crippen LogP contribution in [0.15, 0.2) is 63.2 Å². The molecule has 4 nitrogen and oxygen atoms in total. The maximum absolute atomic E-state index is 11.4. The summed E-state index contributed by atoms with van der Waals surface area (Å²) in [5.41, 5.74) is 3.59. The first-order valence-electron chi connectivity index (χ1n) is 7.95. The first-order chi connectivity index (χ1) is 14.0. The van der Waals surface area contributed by atoms with E-state index in [2.05, 4.69) is 95.6 Å². The molecule has 154 valence electrons. The van der Waals surface area contributed by atoms with Gasteiger partial charge in [-0.3, -0.25) is 0 Å². The SMILES string of the molecule is O=C(O)c1cc(Br)c(-c2cc(Br)c(-c3cc(Br)c(C(=O)O)cc3Br)cc2Br)cc1Br. The van der Waals surface area contributed by atoms with Crippen molar-refractivity contribution in [2.75, 3.05) is 0 Å². The minimum Gasteiger partial charge on any atom is -0.478 e. The molecule has 0 aliphatic rings. The van der Waals surface area contributed by atoms with Gasteiger partial charge in [0, 0.05) is 26.8 Å². The fourth-order valence-electron chi connectivity index (χ4n) is 2.79. The van der Waals surface area contributed by atoms with E-state index >= 15 is 0 Å². The Morgan fingerprint density at radius 1 is 0.467 bits per heavy atom. The number of hydrogen-bond donors (Lipinski definition) is 2. The third-order valence-electron chi connectivity index (χ3n) is 4.21. The molecular weight excluding hydrogens is 784 g/mol. The molecule has 3 rings (SSSR count). The normalized spacial score (nSPS) is 10.9.